The summed E-state index contributed by atoms with van der Waals surface area (Å²) < 4.78 is 0. The van der Waals surface area contributed by atoms with Crippen LogP contribution >= 0.6 is 0 Å². The molecule has 1 saturated carbocycles. The van der Waals surface area contributed by atoms with Gasteiger partial charge in [-0.3, -0.25) is 9.69 Å². The maximum absolute atomic E-state index is 12.0. The molecular weight excluding hydrogens is 348 g/mol. The van der Waals surface area contributed by atoms with Crippen LogP contribution < -0.4 is 11.1 Å². The summed E-state index contributed by atoms with van der Waals surface area (Å²) in [6.45, 7) is 3.92. The molecule has 5 heteroatoms. The maximum Gasteiger partial charge on any atom is 0.222 e. The van der Waals surface area contributed by atoms with Gasteiger partial charge in [-0.2, -0.15) is 0 Å². The highest BCUT2D eigenvalue weighted by molar-refractivity contribution is 5.78. The Morgan fingerprint density at radius 1 is 0.893 bits per heavy atom. The highest BCUT2D eigenvalue weighted by atomic mass is 16.2. The fourth-order valence-corrected chi connectivity index (χ4v) is 6.33. The van der Waals surface area contributed by atoms with E-state index in [0.29, 0.717) is 24.0 Å². The molecule has 5 nitrogen and oxygen atoms in total. The Bertz CT molecular complexity index is 501. The molecule has 4 aliphatic rings. The van der Waals surface area contributed by atoms with Gasteiger partial charge in [-0.15, -0.1) is 0 Å². The number of rotatable bonds is 2. The second-order valence-corrected chi connectivity index (χ2v) is 9.92. The molecule has 4 rings (SSSR count). The van der Waals surface area contributed by atoms with Crippen LogP contribution in [0.5, 0.6) is 0 Å². The average Bonchev–Trinajstić information content (AvgIpc) is 3.05. The molecule has 3 heterocycles. The molecule has 0 spiro atoms. The SMILES string of the molecule is NC1CNC(C2CCCCCCCCCC2)CC1N1CCN2C(=O)CC[C@H]2C1. The van der Waals surface area contributed by atoms with Crippen LogP contribution in [0.25, 0.3) is 0 Å². The monoisotopic (exact) mass is 390 g/mol. The standard InChI is InChI=1S/C23H42N4O/c24-20-16-25-21(18-9-7-5-3-1-2-4-6-8-10-18)15-22(20)26-13-14-27-19(17-26)11-12-23(27)28/h18-22,25H,1-17,24H2/t19-,20?,21?,22?/m0/s1. The number of piperazine rings is 1. The lowest BCUT2D eigenvalue weighted by Gasteiger charge is -2.48. The number of fused-ring (bicyclic) bond motifs is 1. The molecule has 3 N–H and O–H groups in total. The van der Waals surface area contributed by atoms with Crippen LogP contribution in [0.15, 0.2) is 0 Å². The summed E-state index contributed by atoms with van der Waals surface area (Å²) in [5.74, 6) is 1.19. The van der Waals surface area contributed by atoms with Gasteiger partial charge in [-0.05, 0) is 31.6 Å². The lowest BCUT2D eigenvalue weighted by molar-refractivity contribution is -0.131. The van der Waals surface area contributed by atoms with Crippen LogP contribution in [0.4, 0.5) is 0 Å². The molecule has 1 amide bonds. The first-order valence-electron chi connectivity index (χ1n) is 12.2. The first-order chi connectivity index (χ1) is 13.7. The number of nitrogens with one attached hydrogen (secondary N) is 1. The fraction of sp³-hybridized carbons (Fsp3) is 0.957. The second-order valence-electron chi connectivity index (χ2n) is 9.92. The molecule has 0 radical (unpaired) electrons. The summed E-state index contributed by atoms with van der Waals surface area (Å²) in [5.41, 5.74) is 6.60. The van der Waals surface area contributed by atoms with Gasteiger partial charge >= 0.3 is 0 Å². The number of piperidine rings is 1. The molecule has 160 valence electrons. The summed E-state index contributed by atoms with van der Waals surface area (Å²) in [6, 6.07) is 1.79. The van der Waals surface area contributed by atoms with E-state index in [0.717, 1.165) is 44.9 Å². The smallest absolute Gasteiger partial charge is 0.222 e. The van der Waals surface area contributed by atoms with Gasteiger partial charge in [0.25, 0.3) is 0 Å². The van der Waals surface area contributed by atoms with Gasteiger partial charge in [0.15, 0.2) is 0 Å². The molecule has 3 unspecified atom stereocenters. The first kappa shape index (κ1) is 20.6. The molecule has 3 aliphatic heterocycles. The maximum atomic E-state index is 12.0. The van der Waals surface area contributed by atoms with Crippen molar-refractivity contribution in [2.24, 2.45) is 11.7 Å². The third kappa shape index (κ3) is 4.91. The minimum absolute atomic E-state index is 0.225. The van der Waals surface area contributed by atoms with Gasteiger partial charge in [0, 0.05) is 56.8 Å². The quantitative estimate of drug-likeness (QED) is 0.761. The number of hydrogen-bond acceptors (Lipinski definition) is 4. The van der Waals surface area contributed by atoms with Crippen molar-refractivity contribution < 1.29 is 4.79 Å². The van der Waals surface area contributed by atoms with Crippen molar-refractivity contribution in [3.63, 3.8) is 0 Å². The van der Waals surface area contributed by atoms with E-state index in [4.69, 9.17) is 5.73 Å². The van der Waals surface area contributed by atoms with Crippen LogP contribution in [0.2, 0.25) is 0 Å². The number of amides is 1. The Hall–Kier alpha value is -0.650. The summed E-state index contributed by atoms with van der Waals surface area (Å²) in [4.78, 5) is 16.8. The molecule has 0 aromatic carbocycles. The van der Waals surface area contributed by atoms with Crippen molar-refractivity contribution in [1.29, 1.82) is 0 Å². The minimum Gasteiger partial charge on any atom is -0.337 e. The second kappa shape index (κ2) is 9.90. The number of nitrogens with two attached hydrogens (primary N) is 1. The van der Waals surface area contributed by atoms with E-state index in [-0.39, 0.29) is 6.04 Å². The summed E-state index contributed by atoms with van der Waals surface area (Å²) in [6.07, 6.45) is 17.2. The average molecular weight is 391 g/mol. The molecule has 4 fully saturated rings. The molecule has 0 aromatic heterocycles. The molecule has 28 heavy (non-hydrogen) atoms. The van der Waals surface area contributed by atoms with Gasteiger partial charge in [0.05, 0.1) is 0 Å². The molecule has 4 atom stereocenters. The van der Waals surface area contributed by atoms with Gasteiger partial charge in [-0.25, -0.2) is 0 Å². The Morgan fingerprint density at radius 3 is 2.29 bits per heavy atom. The Kier molecular flexibility index (Phi) is 7.29. The number of nitrogens with zero attached hydrogens (tertiary/aromatic N) is 2. The van der Waals surface area contributed by atoms with Crippen LogP contribution in [-0.4, -0.2) is 66.1 Å². The first-order valence-corrected chi connectivity index (χ1v) is 12.2. The topological polar surface area (TPSA) is 61.6 Å². The van der Waals surface area contributed by atoms with E-state index in [1.165, 1.54) is 70.6 Å². The van der Waals surface area contributed by atoms with Crippen molar-refractivity contribution >= 4 is 5.91 Å². The van der Waals surface area contributed by atoms with E-state index in [1.807, 2.05) is 0 Å². The normalized spacial score (nSPS) is 37.5. The molecule has 3 saturated heterocycles. The molecule has 0 bridgehead atoms. The van der Waals surface area contributed by atoms with Gasteiger partial charge < -0.3 is 16.0 Å². The van der Waals surface area contributed by atoms with Crippen molar-refractivity contribution in [1.82, 2.24) is 15.1 Å². The van der Waals surface area contributed by atoms with Crippen molar-refractivity contribution in [3.8, 4) is 0 Å². The van der Waals surface area contributed by atoms with Crippen molar-refractivity contribution in [2.45, 2.75) is 108 Å². The van der Waals surface area contributed by atoms with Crippen LogP contribution in [0, 0.1) is 5.92 Å². The lowest BCUT2D eigenvalue weighted by Crippen LogP contribution is -2.65. The number of carbonyl (C=O) groups is 1. The zero-order chi connectivity index (χ0) is 19.3. The van der Waals surface area contributed by atoms with Crippen molar-refractivity contribution in [3.05, 3.63) is 0 Å². The number of carbonyl (C=O) groups excluding carboxylic acids is 1. The zero-order valence-electron chi connectivity index (χ0n) is 17.8. The zero-order valence-corrected chi connectivity index (χ0v) is 17.8. The fourth-order valence-electron chi connectivity index (χ4n) is 6.33. The van der Waals surface area contributed by atoms with E-state index in [9.17, 15) is 4.79 Å². The van der Waals surface area contributed by atoms with E-state index >= 15 is 0 Å². The Balaban J connectivity index is 1.35. The van der Waals surface area contributed by atoms with Gasteiger partial charge in [0.2, 0.25) is 5.91 Å². The predicted octanol–water partition coefficient (Wildman–Crippen LogP) is 2.88. The minimum atomic E-state index is 0.225. The van der Waals surface area contributed by atoms with E-state index < -0.39 is 0 Å². The molecular formula is C23H42N4O. The highest BCUT2D eigenvalue weighted by Gasteiger charge is 2.41. The number of hydrogen-bond donors (Lipinski definition) is 2. The summed E-state index contributed by atoms with van der Waals surface area (Å²) >= 11 is 0. The third-order valence-electron chi connectivity index (χ3n) is 8.07. The third-order valence-corrected chi connectivity index (χ3v) is 8.07. The highest BCUT2D eigenvalue weighted by Crippen LogP contribution is 2.31. The van der Waals surface area contributed by atoms with Crippen molar-refractivity contribution in [2.75, 3.05) is 26.2 Å². The Morgan fingerprint density at radius 2 is 1.57 bits per heavy atom. The summed E-state index contributed by atoms with van der Waals surface area (Å²) in [7, 11) is 0. The predicted molar refractivity (Wildman–Crippen MR) is 114 cm³/mol. The van der Waals surface area contributed by atoms with Crippen LogP contribution in [0.3, 0.4) is 0 Å². The molecule has 1 aliphatic carbocycles. The van der Waals surface area contributed by atoms with Gasteiger partial charge in [0.1, 0.15) is 0 Å². The van der Waals surface area contributed by atoms with E-state index in [2.05, 4.69) is 15.1 Å². The molecule has 0 aromatic rings. The lowest BCUT2D eigenvalue weighted by atomic mass is 9.81. The van der Waals surface area contributed by atoms with E-state index in [1.54, 1.807) is 0 Å². The van der Waals surface area contributed by atoms with Gasteiger partial charge in [-0.1, -0.05) is 51.4 Å². The summed E-state index contributed by atoms with van der Waals surface area (Å²) in [5, 5.41) is 3.84. The van der Waals surface area contributed by atoms with Crippen LogP contribution in [-0.2, 0) is 4.79 Å². The largest absolute Gasteiger partial charge is 0.337 e. The Labute approximate surface area is 171 Å². The van der Waals surface area contributed by atoms with Crippen LogP contribution in [0.1, 0.15) is 83.5 Å².